The summed E-state index contributed by atoms with van der Waals surface area (Å²) in [4.78, 5) is 11.8. The Morgan fingerprint density at radius 2 is 2.17 bits per heavy atom. The smallest absolute Gasteiger partial charge is 0.331 e. The van der Waals surface area contributed by atoms with Crippen LogP contribution in [0.3, 0.4) is 0 Å². The molecule has 1 fully saturated rings. The summed E-state index contributed by atoms with van der Waals surface area (Å²) in [7, 11) is 0. The van der Waals surface area contributed by atoms with Crippen LogP contribution in [0.25, 0.3) is 6.08 Å². The Bertz CT molecular complexity index is 657. The summed E-state index contributed by atoms with van der Waals surface area (Å²) in [6, 6.07) is 6.55. The molecule has 0 saturated carbocycles. The summed E-state index contributed by atoms with van der Waals surface area (Å²) >= 11 is 0. The van der Waals surface area contributed by atoms with E-state index in [-0.39, 0.29) is 24.4 Å². The van der Waals surface area contributed by atoms with E-state index in [0.29, 0.717) is 6.61 Å². The number of esters is 1. The number of carbonyl (C=O) groups excluding carboxylic acids is 1. The zero-order valence-corrected chi connectivity index (χ0v) is 13.6. The van der Waals surface area contributed by atoms with Gasteiger partial charge in [0.25, 0.3) is 0 Å². The maximum absolute atomic E-state index is 11.8. The van der Waals surface area contributed by atoms with Crippen LogP contribution in [0, 0.1) is 5.92 Å². The number of phenols is 1. The molecule has 2 N–H and O–H groups in total. The first-order valence-electron chi connectivity index (χ1n) is 8.11. The third-order valence-electron chi connectivity index (χ3n) is 4.64. The number of carbonyl (C=O) groups is 1. The predicted molar refractivity (Wildman–Crippen MR) is 89.3 cm³/mol. The number of aliphatic hydroxyl groups is 1. The molecule has 0 radical (unpaired) electrons. The first kappa shape index (κ1) is 16.7. The van der Waals surface area contributed by atoms with E-state index in [1.807, 2.05) is 13.0 Å². The van der Waals surface area contributed by atoms with Crippen molar-refractivity contribution in [2.24, 2.45) is 5.92 Å². The quantitative estimate of drug-likeness (QED) is 0.504. The third-order valence-corrected chi connectivity index (χ3v) is 4.64. The molecule has 5 heteroatoms. The van der Waals surface area contributed by atoms with E-state index < -0.39 is 11.6 Å². The Balaban J connectivity index is 1.51. The second-order valence-electron chi connectivity index (χ2n) is 6.64. The summed E-state index contributed by atoms with van der Waals surface area (Å²) in [6.45, 7) is 2.40. The van der Waals surface area contributed by atoms with E-state index in [1.165, 1.54) is 6.08 Å². The largest absolute Gasteiger partial charge is 0.508 e. The minimum absolute atomic E-state index is 0.0880. The van der Waals surface area contributed by atoms with Crippen molar-refractivity contribution in [3.05, 3.63) is 47.6 Å². The van der Waals surface area contributed by atoms with E-state index >= 15 is 0 Å². The van der Waals surface area contributed by atoms with Crippen LogP contribution in [-0.4, -0.2) is 41.1 Å². The Hall–Kier alpha value is -2.11. The summed E-state index contributed by atoms with van der Waals surface area (Å²) in [5.74, 6) is -0.109. The minimum atomic E-state index is -0.768. The molecular weight excluding hydrogens is 308 g/mol. The molecule has 128 valence electrons. The molecule has 0 aromatic heterocycles. The first-order chi connectivity index (χ1) is 11.4. The Morgan fingerprint density at radius 3 is 2.92 bits per heavy atom. The molecule has 1 aliphatic heterocycles. The van der Waals surface area contributed by atoms with Crippen molar-refractivity contribution < 1.29 is 24.5 Å². The SMILES string of the molecule is C[C@]1(O)CO[C@H]2C=C(COC(=O)/C=C/c3ccc(O)cc3)CC[C@H]21. The lowest BCUT2D eigenvalue weighted by atomic mass is 9.79. The highest BCUT2D eigenvalue weighted by Gasteiger charge is 2.45. The maximum atomic E-state index is 11.8. The Morgan fingerprint density at radius 1 is 1.42 bits per heavy atom. The number of fused-ring (bicyclic) bond motifs is 1. The normalized spacial score (nSPS) is 29.3. The van der Waals surface area contributed by atoms with Crippen LogP contribution in [0.2, 0.25) is 0 Å². The van der Waals surface area contributed by atoms with E-state index in [2.05, 4.69) is 0 Å². The monoisotopic (exact) mass is 330 g/mol. The van der Waals surface area contributed by atoms with Crippen molar-refractivity contribution in [2.45, 2.75) is 31.5 Å². The number of hydrogen-bond acceptors (Lipinski definition) is 5. The Labute approximate surface area is 141 Å². The lowest BCUT2D eigenvalue weighted by Gasteiger charge is -2.29. The second kappa shape index (κ2) is 6.79. The van der Waals surface area contributed by atoms with Gasteiger partial charge in [-0.1, -0.05) is 18.2 Å². The number of ether oxygens (including phenoxy) is 2. The molecule has 5 nitrogen and oxygen atoms in total. The zero-order chi connectivity index (χ0) is 17.2. The zero-order valence-electron chi connectivity index (χ0n) is 13.6. The molecule has 3 atom stereocenters. The molecule has 2 aliphatic rings. The van der Waals surface area contributed by atoms with Crippen LogP contribution in [0.5, 0.6) is 5.75 Å². The maximum Gasteiger partial charge on any atom is 0.331 e. The van der Waals surface area contributed by atoms with Gasteiger partial charge in [-0.25, -0.2) is 4.79 Å². The average molecular weight is 330 g/mol. The fourth-order valence-electron chi connectivity index (χ4n) is 3.22. The van der Waals surface area contributed by atoms with Crippen molar-refractivity contribution in [1.29, 1.82) is 0 Å². The van der Waals surface area contributed by atoms with Gasteiger partial charge in [-0.2, -0.15) is 0 Å². The molecule has 1 heterocycles. The van der Waals surface area contributed by atoms with Gasteiger partial charge in [0.05, 0.1) is 18.3 Å². The molecule has 0 unspecified atom stereocenters. The van der Waals surface area contributed by atoms with Gasteiger partial charge in [0, 0.05) is 12.0 Å². The highest BCUT2D eigenvalue weighted by molar-refractivity contribution is 5.87. The number of phenolic OH excluding ortho intramolecular Hbond substituents is 1. The lowest BCUT2D eigenvalue weighted by molar-refractivity contribution is -0.136. The van der Waals surface area contributed by atoms with E-state index in [0.717, 1.165) is 24.0 Å². The molecular formula is C19H22O5. The van der Waals surface area contributed by atoms with Crippen LogP contribution >= 0.6 is 0 Å². The Kier molecular flexibility index (Phi) is 4.73. The third kappa shape index (κ3) is 3.86. The van der Waals surface area contributed by atoms with Crippen LogP contribution in [0.15, 0.2) is 42.0 Å². The molecule has 1 aromatic rings. The topological polar surface area (TPSA) is 76.0 Å². The van der Waals surface area contributed by atoms with E-state index in [4.69, 9.17) is 9.47 Å². The van der Waals surface area contributed by atoms with Crippen molar-refractivity contribution >= 4 is 12.0 Å². The van der Waals surface area contributed by atoms with Gasteiger partial charge in [0.2, 0.25) is 0 Å². The summed E-state index contributed by atoms with van der Waals surface area (Å²) in [5, 5.41) is 19.4. The van der Waals surface area contributed by atoms with E-state index in [1.54, 1.807) is 30.3 Å². The van der Waals surface area contributed by atoms with Gasteiger partial charge in [0.15, 0.2) is 0 Å². The molecule has 0 bridgehead atoms. The van der Waals surface area contributed by atoms with Crippen LogP contribution in [0.4, 0.5) is 0 Å². The van der Waals surface area contributed by atoms with Gasteiger partial charge in [-0.15, -0.1) is 0 Å². The van der Waals surface area contributed by atoms with Gasteiger partial charge in [-0.05, 0) is 49.1 Å². The fraction of sp³-hybridized carbons (Fsp3) is 0.421. The molecule has 0 spiro atoms. The van der Waals surface area contributed by atoms with Crippen molar-refractivity contribution in [3.63, 3.8) is 0 Å². The second-order valence-corrected chi connectivity index (χ2v) is 6.64. The standard InChI is InChI=1S/C19H22O5/c1-19(22)12-24-17-10-14(4-8-16(17)19)11-23-18(21)9-5-13-2-6-15(20)7-3-13/h2-3,5-7,9-10,16-17,20,22H,4,8,11-12H2,1H3/b9-5+/t16-,17+,19+/m1/s1. The van der Waals surface area contributed by atoms with Gasteiger partial charge in [0.1, 0.15) is 12.4 Å². The number of benzene rings is 1. The van der Waals surface area contributed by atoms with Gasteiger partial charge in [-0.3, -0.25) is 0 Å². The first-order valence-corrected chi connectivity index (χ1v) is 8.11. The van der Waals surface area contributed by atoms with Crippen molar-refractivity contribution in [3.8, 4) is 5.75 Å². The summed E-state index contributed by atoms with van der Waals surface area (Å²) < 4.78 is 10.9. The van der Waals surface area contributed by atoms with Crippen LogP contribution < -0.4 is 0 Å². The molecule has 3 rings (SSSR count). The van der Waals surface area contributed by atoms with Gasteiger partial charge < -0.3 is 19.7 Å². The van der Waals surface area contributed by atoms with E-state index in [9.17, 15) is 15.0 Å². The average Bonchev–Trinajstić information content (AvgIpc) is 2.87. The minimum Gasteiger partial charge on any atom is -0.508 e. The molecule has 1 saturated heterocycles. The van der Waals surface area contributed by atoms with Crippen LogP contribution in [0.1, 0.15) is 25.3 Å². The number of hydrogen-bond donors (Lipinski definition) is 2. The summed E-state index contributed by atoms with van der Waals surface area (Å²) in [6.07, 6.45) is 6.54. The lowest BCUT2D eigenvalue weighted by Crippen LogP contribution is -2.37. The summed E-state index contributed by atoms with van der Waals surface area (Å²) in [5.41, 5.74) is 1.07. The molecule has 1 aromatic carbocycles. The van der Waals surface area contributed by atoms with Crippen LogP contribution in [-0.2, 0) is 14.3 Å². The number of rotatable bonds is 4. The molecule has 0 amide bonds. The highest BCUT2D eigenvalue weighted by atomic mass is 16.5. The fourth-order valence-corrected chi connectivity index (χ4v) is 3.22. The van der Waals surface area contributed by atoms with Crippen molar-refractivity contribution in [2.75, 3.05) is 13.2 Å². The van der Waals surface area contributed by atoms with Gasteiger partial charge >= 0.3 is 5.97 Å². The highest BCUT2D eigenvalue weighted by Crippen LogP contribution is 2.39. The molecule has 24 heavy (non-hydrogen) atoms. The number of aromatic hydroxyl groups is 1. The predicted octanol–water partition coefficient (Wildman–Crippen LogP) is 2.43. The molecule has 1 aliphatic carbocycles. The van der Waals surface area contributed by atoms with Crippen molar-refractivity contribution in [1.82, 2.24) is 0 Å².